The third-order valence-corrected chi connectivity index (χ3v) is 5.88. The number of hydrogen-bond donors (Lipinski definition) is 1. The maximum Gasteiger partial charge on any atom is 0.416 e. The Morgan fingerprint density at radius 1 is 1.09 bits per heavy atom. The van der Waals surface area contributed by atoms with Crippen molar-refractivity contribution in [2.24, 2.45) is 5.14 Å². The Hall–Kier alpha value is -4.20. The zero-order chi connectivity index (χ0) is 24.8. The second-order valence-corrected chi connectivity index (χ2v) is 8.77. The lowest BCUT2D eigenvalue weighted by Gasteiger charge is -2.34. The minimum atomic E-state index is -4.63. The van der Waals surface area contributed by atoms with Crippen LogP contribution in [0.1, 0.15) is 29.7 Å². The number of alkyl halides is 3. The smallest absolute Gasteiger partial charge is 0.282 e. The molecule has 34 heavy (non-hydrogen) atoms. The maximum absolute atomic E-state index is 13.3. The van der Waals surface area contributed by atoms with E-state index in [9.17, 15) is 26.9 Å². The van der Waals surface area contributed by atoms with E-state index in [1.165, 1.54) is 36.1 Å². The van der Waals surface area contributed by atoms with Crippen LogP contribution in [0.5, 0.6) is 0 Å². The second kappa shape index (κ2) is 7.98. The summed E-state index contributed by atoms with van der Waals surface area (Å²) in [6, 6.07) is 13.5. The maximum atomic E-state index is 13.3. The monoisotopic (exact) mass is 485 g/mol. The quantitative estimate of drug-likeness (QED) is 0.599. The molecule has 1 aromatic heterocycles. The fraction of sp³-hybridized carbons (Fsp3) is 0.143. The number of fused-ring (bicyclic) bond motifs is 1. The van der Waals surface area contributed by atoms with Crippen LogP contribution in [0.4, 0.5) is 24.8 Å². The molecule has 2 N–H and O–H groups in total. The molecule has 1 aliphatic rings. The van der Waals surface area contributed by atoms with Gasteiger partial charge in [-0.2, -0.15) is 28.7 Å². The van der Waals surface area contributed by atoms with E-state index in [0.29, 0.717) is 11.1 Å². The van der Waals surface area contributed by atoms with Gasteiger partial charge in [0, 0.05) is 11.4 Å². The van der Waals surface area contributed by atoms with Gasteiger partial charge < -0.3 is 0 Å². The predicted molar refractivity (Wildman–Crippen MR) is 113 cm³/mol. The number of anilines is 2. The van der Waals surface area contributed by atoms with Crippen LogP contribution in [-0.4, -0.2) is 23.2 Å². The number of benzene rings is 2. The molecule has 0 saturated carbocycles. The topological polar surface area (TPSA) is 142 Å². The highest BCUT2D eigenvalue weighted by atomic mass is 32.2. The van der Waals surface area contributed by atoms with Gasteiger partial charge in [-0.25, -0.2) is 18.2 Å². The number of rotatable bonds is 3. The molecule has 3 aromatic rings. The first-order valence-electron chi connectivity index (χ1n) is 9.53. The standard InChI is InChI=1S/C21H14F3N7O2S/c1-12-17(11-26)18(14-7-5-13(10-25)6-8-14)31-20(28-19(29-31)34(27,32)33)30(12)16-4-2-3-15(9-16)21(22,23)24/h2-9,18H,1H3,(H2,27,32,33). The Morgan fingerprint density at radius 3 is 2.32 bits per heavy atom. The molecule has 0 aliphatic carbocycles. The normalized spacial score (nSPS) is 16.1. The summed E-state index contributed by atoms with van der Waals surface area (Å²) in [4.78, 5) is 5.21. The van der Waals surface area contributed by atoms with Gasteiger partial charge in [-0.1, -0.05) is 18.2 Å². The lowest BCUT2D eigenvalue weighted by atomic mass is 9.95. The molecule has 2 aromatic carbocycles. The molecule has 4 rings (SSSR count). The average molecular weight is 485 g/mol. The van der Waals surface area contributed by atoms with E-state index in [-0.39, 0.29) is 22.9 Å². The number of aromatic nitrogens is 3. The van der Waals surface area contributed by atoms with Crippen LogP contribution < -0.4 is 10.0 Å². The molecule has 0 bridgehead atoms. The van der Waals surface area contributed by atoms with Crippen LogP contribution in [0.15, 0.2) is 65.0 Å². The summed E-state index contributed by atoms with van der Waals surface area (Å²) in [5.41, 5.74) is 0.188. The van der Waals surface area contributed by atoms with Crippen molar-refractivity contribution in [3.05, 3.63) is 76.5 Å². The first kappa shape index (κ1) is 23.0. The highest BCUT2D eigenvalue weighted by Crippen LogP contribution is 2.43. The number of primary sulfonamides is 1. The molecule has 0 fully saturated rings. The highest BCUT2D eigenvalue weighted by molar-refractivity contribution is 7.89. The van der Waals surface area contributed by atoms with E-state index in [1.54, 1.807) is 12.1 Å². The number of nitriles is 2. The fourth-order valence-electron chi connectivity index (χ4n) is 3.65. The molecular formula is C21H14F3N7O2S. The summed E-state index contributed by atoms with van der Waals surface area (Å²) in [7, 11) is -4.39. The first-order chi connectivity index (χ1) is 16.0. The van der Waals surface area contributed by atoms with Crippen molar-refractivity contribution < 1.29 is 21.6 Å². The van der Waals surface area contributed by atoms with Crippen molar-refractivity contribution in [3.8, 4) is 12.1 Å². The van der Waals surface area contributed by atoms with Gasteiger partial charge in [0.25, 0.3) is 15.2 Å². The second-order valence-electron chi connectivity index (χ2n) is 7.31. The van der Waals surface area contributed by atoms with Crippen molar-refractivity contribution in [3.63, 3.8) is 0 Å². The van der Waals surface area contributed by atoms with Gasteiger partial charge in [-0.05, 0) is 42.8 Å². The molecule has 0 spiro atoms. The van der Waals surface area contributed by atoms with E-state index < -0.39 is 33.0 Å². The van der Waals surface area contributed by atoms with E-state index in [2.05, 4.69) is 10.1 Å². The van der Waals surface area contributed by atoms with Crippen molar-refractivity contribution in [1.82, 2.24) is 14.8 Å². The van der Waals surface area contributed by atoms with Crippen LogP contribution in [-0.2, 0) is 16.2 Å². The van der Waals surface area contributed by atoms with Crippen molar-refractivity contribution in [2.45, 2.75) is 24.3 Å². The van der Waals surface area contributed by atoms with Gasteiger partial charge in [-0.3, -0.25) is 4.90 Å². The Kier molecular flexibility index (Phi) is 5.39. The molecule has 1 unspecified atom stereocenters. The van der Waals surface area contributed by atoms with Gasteiger partial charge in [0.15, 0.2) is 0 Å². The van der Waals surface area contributed by atoms with Crippen LogP contribution in [0.25, 0.3) is 0 Å². The Balaban J connectivity index is 2.00. The third-order valence-electron chi connectivity index (χ3n) is 5.20. The number of allylic oxidation sites excluding steroid dienone is 2. The van der Waals surface area contributed by atoms with Gasteiger partial charge in [0.2, 0.25) is 5.95 Å². The highest BCUT2D eigenvalue weighted by Gasteiger charge is 2.38. The number of halogens is 3. The number of nitrogens with zero attached hydrogens (tertiary/aromatic N) is 6. The van der Waals surface area contributed by atoms with Gasteiger partial charge in [0.05, 0.1) is 28.8 Å². The minimum Gasteiger partial charge on any atom is -0.282 e. The summed E-state index contributed by atoms with van der Waals surface area (Å²) in [5, 5.41) is 27.5. The number of hydrogen-bond acceptors (Lipinski definition) is 7. The largest absolute Gasteiger partial charge is 0.416 e. The van der Waals surface area contributed by atoms with Crippen LogP contribution >= 0.6 is 0 Å². The average Bonchev–Trinajstić information content (AvgIpc) is 3.23. The van der Waals surface area contributed by atoms with E-state index in [1.807, 2.05) is 12.1 Å². The summed E-state index contributed by atoms with van der Waals surface area (Å²) in [6.07, 6.45) is -4.63. The summed E-state index contributed by atoms with van der Waals surface area (Å²) >= 11 is 0. The van der Waals surface area contributed by atoms with Crippen LogP contribution in [0.3, 0.4) is 0 Å². The zero-order valence-corrected chi connectivity index (χ0v) is 18.1. The van der Waals surface area contributed by atoms with Gasteiger partial charge in [-0.15, -0.1) is 5.10 Å². The molecule has 0 saturated heterocycles. The molecule has 172 valence electrons. The van der Waals surface area contributed by atoms with Crippen molar-refractivity contribution >= 4 is 21.7 Å². The molecule has 0 radical (unpaired) electrons. The first-order valence-corrected chi connectivity index (χ1v) is 11.1. The lowest BCUT2D eigenvalue weighted by molar-refractivity contribution is -0.137. The molecule has 9 nitrogen and oxygen atoms in total. The van der Waals surface area contributed by atoms with Gasteiger partial charge >= 0.3 is 6.18 Å². The Morgan fingerprint density at radius 2 is 1.76 bits per heavy atom. The third kappa shape index (κ3) is 3.87. The van der Waals surface area contributed by atoms with E-state index >= 15 is 0 Å². The zero-order valence-electron chi connectivity index (χ0n) is 17.3. The lowest BCUT2D eigenvalue weighted by Crippen LogP contribution is -2.31. The van der Waals surface area contributed by atoms with E-state index in [4.69, 9.17) is 10.4 Å². The molecule has 1 aliphatic heterocycles. The number of sulfonamides is 1. The molecule has 1 atom stereocenters. The fourth-order valence-corrected chi connectivity index (χ4v) is 4.06. The molecule has 0 amide bonds. The Bertz CT molecular complexity index is 1510. The molecule has 13 heteroatoms. The van der Waals surface area contributed by atoms with Crippen LogP contribution in [0.2, 0.25) is 0 Å². The van der Waals surface area contributed by atoms with Crippen LogP contribution in [0, 0.1) is 22.7 Å². The molecule has 2 heterocycles. The van der Waals surface area contributed by atoms with Crippen molar-refractivity contribution in [2.75, 3.05) is 4.90 Å². The van der Waals surface area contributed by atoms with Gasteiger partial charge in [0.1, 0.15) is 6.04 Å². The van der Waals surface area contributed by atoms with E-state index in [0.717, 1.165) is 16.8 Å². The minimum absolute atomic E-state index is 0.00651. The summed E-state index contributed by atoms with van der Waals surface area (Å²) in [5.74, 6) is -0.144. The Labute approximate surface area is 191 Å². The predicted octanol–water partition coefficient (Wildman–Crippen LogP) is 3.35. The SMILES string of the molecule is CC1=C(C#N)C(c2ccc(C#N)cc2)n2nc(S(N)(=O)=O)nc2N1c1cccc(C(F)(F)F)c1. The number of nitrogens with two attached hydrogens (primary N) is 1. The summed E-state index contributed by atoms with van der Waals surface area (Å²) in [6.45, 7) is 1.50. The summed E-state index contributed by atoms with van der Waals surface area (Å²) < 4.78 is 65.1. The molecular weight excluding hydrogens is 471 g/mol. The van der Waals surface area contributed by atoms with Crippen molar-refractivity contribution in [1.29, 1.82) is 10.5 Å².